The number of benzene rings is 1. The molecule has 0 saturated heterocycles. The van der Waals surface area contributed by atoms with E-state index in [1.165, 1.54) is 23.5 Å². The van der Waals surface area contributed by atoms with Crippen molar-refractivity contribution in [2.45, 2.75) is 38.3 Å². The topological polar surface area (TPSA) is 42.0 Å². The molecular weight excluding hydrogens is 337 g/mol. The van der Waals surface area contributed by atoms with Gasteiger partial charge in [0.15, 0.2) is 5.13 Å². The number of anilines is 1. The Kier molecular flexibility index (Phi) is 4.89. The summed E-state index contributed by atoms with van der Waals surface area (Å²) in [5.74, 6) is 0.0928. The van der Waals surface area contributed by atoms with Gasteiger partial charge in [0.1, 0.15) is 0 Å². The molecule has 0 bridgehead atoms. The van der Waals surface area contributed by atoms with Gasteiger partial charge in [0, 0.05) is 23.4 Å². The van der Waals surface area contributed by atoms with Gasteiger partial charge in [-0.05, 0) is 30.5 Å². The highest BCUT2D eigenvalue weighted by Crippen LogP contribution is 2.30. The Morgan fingerprint density at radius 1 is 1.21 bits per heavy atom. The minimum atomic E-state index is -4.32. The summed E-state index contributed by atoms with van der Waals surface area (Å²) in [5, 5.41) is 3.39. The fourth-order valence-corrected chi connectivity index (χ4v) is 3.70. The third-order valence-electron chi connectivity index (χ3n) is 4.17. The molecule has 7 heteroatoms. The van der Waals surface area contributed by atoms with Crippen LogP contribution in [0.1, 0.15) is 41.7 Å². The van der Waals surface area contributed by atoms with Crippen molar-refractivity contribution in [1.29, 1.82) is 0 Å². The zero-order valence-corrected chi connectivity index (χ0v) is 13.7. The van der Waals surface area contributed by atoms with E-state index in [2.05, 4.69) is 10.3 Å². The molecule has 1 fully saturated rings. The number of carbonyl (C=O) groups is 1. The summed E-state index contributed by atoms with van der Waals surface area (Å²) in [4.78, 5) is 17.1. The second-order valence-corrected chi connectivity index (χ2v) is 7.09. The Labute approximate surface area is 141 Å². The largest absolute Gasteiger partial charge is 0.416 e. The van der Waals surface area contributed by atoms with Gasteiger partial charge in [0.2, 0.25) is 5.91 Å². The second kappa shape index (κ2) is 6.93. The van der Waals surface area contributed by atoms with Gasteiger partial charge in [-0.3, -0.25) is 4.79 Å². The molecule has 1 heterocycles. The Bertz CT molecular complexity index is 703. The summed E-state index contributed by atoms with van der Waals surface area (Å²) >= 11 is 1.36. The van der Waals surface area contributed by atoms with Crippen molar-refractivity contribution in [3.05, 3.63) is 46.5 Å². The molecule has 1 aliphatic carbocycles. The van der Waals surface area contributed by atoms with E-state index in [-0.39, 0.29) is 11.8 Å². The third kappa shape index (κ3) is 4.14. The molecule has 128 valence electrons. The molecule has 0 aliphatic heterocycles. The third-order valence-corrected chi connectivity index (χ3v) is 5.08. The molecule has 3 nitrogen and oxygen atoms in total. The van der Waals surface area contributed by atoms with Crippen molar-refractivity contribution < 1.29 is 18.0 Å². The van der Waals surface area contributed by atoms with Crippen LogP contribution in [0.3, 0.4) is 0 Å². The highest BCUT2D eigenvalue weighted by atomic mass is 32.1. The first-order chi connectivity index (χ1) is 11.4. The van der Waals surface area contributed by atoms with Crippen LogP contribution in [0.2, 0.25) is 0 Å². The molecule has 1 saturated carbocycles. The van der Waals surface area contributed by atoms with E-state index >= 15 is 0 Å². The zero-order chi connectivity index (χ0) is 17.2. The summed E-state index contributed by atoms with van der Waals surface area (Å²) in [6, 6.07) is 5.11. The lowest BCUT2D eigenvalue weighted by atomic mass is 10.1. The lowest BCUT2D eigenvalue weighted by molar-refractivity contribution is -0.137. The number of amides is 1. The smallest absolute Gasteiger partial charge is 0.302 e. The van der Waals surface area contributed by atoms with Crippen LogP contribution in [0.15, 0.2) is 30.5 Å². The van der Waals surface area contributed by atoms with Crippen LogP contribution in [0, 0.1) is 5.92 Å². The van der Waals surface area contributed by atoms with Gasteiger partial charge in [0.25, 0.3) is 0 Å². The predicted molar refractivity (Wildman–Crippen MR) is 87.0 cm³/mol. The Morgan fingerprint density at radius 3 is 2.50 bits per heavy atom. The summed E-state index contributed by atoms with van der Waals surface area (Å²) in [6.07, 6.45) is 1.87. The quantitative estimate of drug-likeness (QED) is 0.850. The minimum absolute atomic E-state index is 0.0166. The maximum Gasteiger partial charge on any atom is 0.416 e. The SMILES string of the molecule is O=C(Nc1ncc(Cc2ccc(C(F)(F)F)cc2)s1)C1CCCC1. The van der Waals surface area contributed by atoms with Crippen LogP contribution in [0.4, 0.5) is 18.3 Å². The van der Waals surface area contributed by atoms with Crippen molar-refractivity contribution >= 4 is 22.4 Å². The Balaban J connectivity index is 1.60. The summed E-state index contributed by atoms with van der Waals surface area (Å²) < 4.78 is 37.7. The average Bonchev–Trinajstić information content (AvgIpc) is 3.19. The fourth-order valence-electron chi connectivity index (χ4n) is 2.86. The zero-order valence-electron chi connectivity index (χ0n) is 12.9. The summed E-state index contributed by atoms with van der Waals surface area (Å²) in [7, 11) is 0. The van der Waals surface area contributed by atoms with E-state index in [0.717, 1.165) is 48.3 Å². The van der Waals surface area contributed by atoms with E-state index in [0.29, 0.717) is 11.6 Å². The number of carbonyl (C=O) groups excluding carboxylic acids is 1. The Morgan fingerprint density at radius 2 is 1.88 bits per heavy atom. The molecule has 3 rings (SSSR count). The lowest BCUT2D eigenvalue weighted by Gasteiger charge is -2.07. The van der Waals surface area contributed by atoms with Gasteiger partial charge < -0.3 is 5.32 Å². The molecule has 1 amide bonds. The summed E-state index contributed by atoms with van der Waals surface area (Å²) in [6.45, 7) is 0. The molecule has 1 aromatic heterocycles. The maximum absolute atomic E-state index is 12.6. The molecule has 0 atom stereocenters. The number of hydrogen-bond acceptors (Lipinski definition) is 3. The van der Waals surface area contributed by atoms with E-state index in [1.54, 1.807) is 6.20 Å². The number of thiazole rings is 1. The molecule has 1 aromatic carbocycles. The molecule has 0 unspecified atom stereocenters. The number of halogens is 3. The highest BCUT2D eigenvalue weighted by Gasteiger charge is 2.30. The number of nitrogens with one attached hydrogen (secondary N) is 1. The molecule has 2 aromatic rings. The van der Waals surface area contributed by atoms with Crippen molar-refractivity contribution in [3.63, 3.8) is 0 Å². The van der Waals surface area contributed by atoms with E-state index < -0.39 is 11.7 Å². The monoisotopic (exact) mass is 354 g/mol. The fraction of sp³-hybridized carbons (Fsp3) is 0.412. The molecule has 1 aliphatic rings. The minimum Gasteiger partial charge on any atom is -0.302 e. The number of aromatic nitrogens is 1. The predicted octanol–water partition coefficient (Wildman–Crippen LogP) is 4.88. The first-order valence-corrected chi connectivity index (χ1v) is 8.65. The van der Waals surface area contributed by atoms with Crippen LogP contribution in [0.25, 0.3) is 0 Å². The molecule has 24 heavy (non-hydrogen) atoms. The number of alkyl halides is 3. The second-order valence-electron chi connectivity index (χ2n) is 5.97. The number of hydrogen-bond donors (Lipinski definition) is 1. The number of rotatable bonds is 4. The average molecular weight is 354 g/mol. The first kappa shape index (κ1) is 17.0. The van der Waals surface area contributed by atoms with E-state index in [1.807, 2.05) is 0 Å². The van der Waals surface area contributed by atoms with Crippen LogP contribution >= 0.6 is 11.3 Å². The normalized spacial score (nSPS) is 15.6. The van der Waals surface area contributed by atoms with Gasteiger partial charge in [0.05, 0.1) is 5.56 Å². The van der Waals surface area contributed by atoms with Crippen molar-refractivity contribution in [1.82, 2.24) is 4.98 Å². The summed E-state index contributed by atoms with van der Waals surface area (Å²) in [5.41, 5.74) is 0.125. The number of nitrogens with zero attached hydrogens (tertiary/aromatic N) is 1. The Hall–Kier alpha value is -1.89. The van der Waals surface area contributed by atoms with Crippen molar-refractivity contribution in [2.75, 3.05) is 5.32 Å². The van der Waals surface area contributed by atoms with Gasteiger partial charge >= 0.3 is 6.18 Å². The van der Waals surface area contributed by atoms with E-state index in [9.17, 15) is 18.0 Å². The van der Waals surface area contributed by atoms with E-state index in [4.69, 9.17) is 0 Å². The first-order valence-electron chi connectivity index (χ1n) is 7.83. The van der Waals surface area contributed by atoms with Gasteiger partial charge in [-0.25, -0.2) is 4.98 Å². The van der Waals surface area contributed by atoms with Crippen LogP contribution in [-0.4, -0.2) is 10.9 Å². The maximum atomic E-state index is 12.6. The lowest BCUT2D eigenvalue weighted by Crippen LogP contribution is -2.19. The van der Waals surface area contributed by atoms with Crippen LogP contribution < -0.4 is 5.32 Å². The van der Waals surface area contributed by atoms with Gasteiger partial charge in [-0.15, -0.1) is 11.3 Å². The van der Waals surface area contributed by atoms with Crippen LogP contribution in [0.5, 0.6) is 0 Å². The van der Waals surface area contributed by atoms with Crippen molar-refractivity contribution in [3.8, 4) is 0 Å². The highest BCUT2D eigenvalue weighted by molar-refractivity contribution is 7.15. The molecule has 1 N–H and O–H groups in total. The van der Waals surface area contributed by atoms with Crippen molar-refractivity contribution in [2.24, 2.45) is 5.92 Å². The molecule has 0 radical (unpaired) electrons. The van der Waals surface area contributed by atoms with Crippen LogP contribution in [-0.2, 0) is 17.4 Å². The molecule has 0 spiro atoms. The molecular formula is C17H17F3N2OS. The van der Waals surface area contributed by atoms with Gasteiger partial charge in [-0.1, -0.05) is 25.0 Å². The van der Waals surface area contributed by atoms with Gasteiger partial charge in [-0.2, -0.15) is 13.2 Å². The standard InChI is InChI=1S/C17H17F3N2OS/c18-17(19,20)13-7-5-11(6-8-13)9-14-10-21-16(24-14)22-15(23)12-3-1-2-4-12/h5-8,10,12H,1-4,9H2,(H,21,22,23).